The summed E-state index contributed by atoms with van der Waals surface area (Å²) in [5.74, 6) is 0.766. The topological polar surface area (TPSA) is 21.6 Å². The Balaban J connectivity index is 2.00. The van der Waals surface area contributed by atoms with Gasteiger partial charge in [-0.15, -0.1) is 0 Å². The van der Waals surface area contributed by atoms with E-state index in [-0.39, 0.29) is 0 Å². The zero-order valence-electron chi connectivity index (χ0n) is 9.47. The molecule has 2 nitrogen and oxygen atoms in total. The van der Waals surface area contributed by atoms with Gasteiger partial charge in [0.05, 0.1) is 6.54 Å². The van der Waals surface area contributed by atoms with Crippen LogP contribution in [0.15, 0.2) is 59.6 Å². The molecule has 0 unspecified atom stereocenters. The third-order valence-corrected chi connectivity index (χ3v) is 2.80. The number of hydrogen-bond donors (Lipinski definition) is 0. The van der Waals surface area contributed by atoms with Crippen molar-refractivity contribution >= 4 is 5.90 Å². The van der Waals surface area contributed by atoms with Gasteiger partial charge >= 0.3 is 0 Å². The molecule has 0 aliphatic carbocycles. The van der Waals surface area contributed by atoms with Gasteiger partial charge < -0.3 is 4.74 Å². The second kappa shape index (κ2) is 4.42. The molecule has 2 aromatic rings. The fourth-order valence-electron chi connectivity index (χ4n) is 1.97. The van der Waals surface area contributed by atoms with E-state index in [2.05, 4.69) is 29.3 Å². The average Bonchev–Trinajstić information content (AvgIpc) is 2.94. The van der Waals surface area contributed by atoms with Crippen molar-refractivity contribution in [3.05, 3.63) is 60.2 Å². The highest BCUT2D eigenvalue weighted by Crippen LogP contribution is 2.21. The lowest BCUT2D eigenvalue weighted by molar-refractivity contribution is 0.348. The highest BCUT2D eigenvalue weighted by Gasteiger charge is 2.10. The summed E-state index contributed by atoms with van der Waals surface area (Å²) < 4.78 is 5.48. The quantitative estimate of drug-likeness (QED) is 0.766. The first-order valence-corrected chi connectivity index (χ1v) is 5.76. The van der Waals surface area contributed by atoms with Crippen molar-refractivity contribution in [3.63, 3.8) is 0 Å². The minimum Gasteiger partial charge on any atom is -0.476 e. The first kappa shape index (κ1) is 10.1. The normalized spacial score (nSPS) is 14.2. The molecule has 1 heterocycles. The van der Waals surface area contributed by atoms with Crippen molar-refractivity contribution in [3.8, 4) is 11.1 Å². The Kier molecular flexibility index (Phi) is 2.62. The number of rotatable bonds is 2. The van der Waals surface area contributed by atoms with Crippen LogP contribution in [0.5, 0.6) is 0 Å². The van der Waals surface area contributed by atoms with Crippen molar-refractivity contribution in [1.29, 1.82) is 0 Å². The molecule has 2 aromatic carbocycles. The lowest BCUT2D eigenvalue weighted by Gasteiger charge is -2.05. The second-order valence-electron chi connectivity index (χ2n) is 3.98. The van der Waals surface area contributed by atoms with Crippen LogP contribution in [-0.4, -0.2) is 19.0 Å². The molecule has 0 radical (unpaired) electrons. The Bertz CT molecular complexity index is 546. The minimum absolute atomic E-state index is 0.699. The molecule has 0 saturated heterocycles. The highest BCUT2D eigenvalue weighted by atomic mass is 16.5. The molecule has 0 bridgehead atoms. The van der Waals surface area contributed by atoms with Crippen LogP contribution < -0.4 is 0 Å². The SMILES string of the molecule is c1ccc(-c2cccc(C3=NCCO3)c2)cc1. The zero-order valence-corrected chi connectivity index (χ0v) is 9.47. The predicted molar refractivity (Wildman–Crippen MR) is 69.2 cm³/mol. The first-order valence-electron chi connectivity index (χ1n) is 5.76. The maximum atomic E-state index is 5.48. The predicted octanol–water partition coefficient (Wildman–Crippen LogP) is 3.13. The molecule has 3 rings (SSSR count). The maximum absolute atomic E-state index is 5.48. The van der Waals surface area contributed by atoms with E-state index in [4.69, 9.17) is 4.74 Å². The van der Waals surface area contributed by atoms with Crippen molar-refractivity contribution in [2.45, 2.75) is 0 Å². The Morgan fingerprint density at radius 3 is 2.35 bits per heavy atom. The Morgan fingerprint density at radius 1 is 0.824 bits per heavy atom. The summed E-state index contributed by atoms with van der Waals surface area (Å²) in [6, 6.07) is 18.6. The molecular weight excluding hydrogens is 210 g/mol. The zero-order chi connectivity index (χ0) is 11.5. The molecule has 0 N–H and O–H groups in total. The van der Waals surface area contributed by atoms with Crippen LogP contribution in [0.25, 0.3) is 11.1 Å². The van der Waals surface area contributed by atoms with Crippen LogP contribution in [0.4, 0.5) is 0 Å². The fraction of sp³-hybridized carbons (Fsp3) is 0.133. The van der Waals surface area contributed by atoms with Gasteiger partial charge in [-0.3, -0.25) is 0 Å². The van der Waals surface area contributed by atoms with Crippen LogP contribution in [0.2, 0.25) is 0 Å². The summed E-state index contributed by atoms with van der Waals surface area (Å²) >= 11 is 0. The van der Waals surface area contributed by atoms with Gasteiger partial charge in [0.1, 0.15) is 6.61 Å². The summed E-state index contributed by atoms with van der Waals surface area (Å²) in [6.07, 6.45) is 0. The summed E-state index contributed by atoms with van der Waals surface area (Å²) in [5, 5.41) is 0. The lowest BCUT2D eigenvalue weighted by Crippen LogP contribution is -2.00. The Labute approximate surface area is 101 Å². The van der Waals surface area contributed by atoms with Crippen molar-refractivity contribution in [2.75, 3.05) is 13.2 Å². The lowest BCUT2D eigenvalue weighted by atomic mass is 10.0. The Hall–Kier alpha value is -2.09. The largest absolute Gasteiger partial charge is 0.476 e. The molecule has 1 aliphatic heterocycles. The van der Waals surface area contributed by atoms with E-state index in [1.807, 2.05) is 30.3 Å². The molecule has 0 amide bonds. The molecule has 0 fully saturated rings. The van der Waals surface area contributed by atoms with E-state index in [1.165, 1.54) is 11.1 Å². The van der Waals surface area contributed by atoms with Gasteiger partial charge in [-0.05, 0) is 23.3 Å². The summed E-state index contributed by atoms with van der Waals surface area (Å²) in [6.45, 7) is 1.47. The van der Waals surface area contributed by atoms with Gasteiger partial charge in [0.25, 0.3) is 0 Å². The number of ether oxygens (including phenoxy) is 1. The van der Waals surface area contributed by atoms with E-state index in [9.17, 15) is 0 Å². The van der Waals surface area contributed by atoms with Crippen molar-refractivity contribution < 1.29 is 4.74 Å². The van der Waals surface area contributed by atoms with Gasteiger partial charge in [-0.1, -0.05) is 42.5 Å². The number of nitrogens with zero attached hydrogens (tertiary/aromatic N) is 1. The average molecular weight is 223 g/mol. The van der Waals surface area contributed by atoms with E-state index in [0.717, 1.165) is 18.0 Å². The van der Waals surface area contributed by atoms with Crippen LogP contribution in [0.1, 0.15) is 5.56 Å². The standard InChI is InChI=1S/C15H13NO/c1-2-5-12(6-3-1)13-7-4-8-14(11-13)15-16-9-10-17-15/h1-8,11H,9-10H2. The molecule has 0 spiro atoms. The fourth-order valence-corrected chi connectivity index (χ4v) is 1.97. The van der Waals surface area contributed by atoms with Crippen LogP contribution in [0, 0.1) is 0 Å². The third kappa shape index (κ3) is 2.07. The van der Waals surface area contributed by atoms with Crippen LogP contribution in [0.3, 0.4) is 0 Å². The van der Waals surface area contributed by atoms with Gasteiger partial charge in [-0.2, -0.15) is 0 Å². The van der Waals surface area contributed by atoms with Crippen LogP contribution >= 0.6 is 0 Å². The molecule has 84 valence electrons. The first-order chi connectivity index (χ1) is 8.43. The van der Waals surface area contributed by atoms with Crippen molar-refractivity contribution in [1.82, 2.24) is 0 Å². The molecule has 1 aliphatic rings. The van der Waals surface area contributed by atoms with E-state index >= 15 is 0 Å². The molecule has 17 heavy (non-hydrogen) atoms. The van der Waals surface area contributed by atoms with Crippen molar-refractivity contribution in [2.24, 2.45) is 4.99 Å². The van der Waals surface area contributed by atoms with E-state index < -0.39 is 0 Å². The second-order valence-corrected chi connectivity index (χ2v) is 3.98. The van der Waals surface area contributed by atoms with Gasteiger partial charge in [0, 0.05) is 5.56 Å². The van der Waals surface area contributed by atoms with Gasteiger partial charge in [0.2, 0.25) is 5.90 Å². The Morgan fingerprint density at radius 2 is 1.59 bits per heavy atom. The molecular formula is C15H13NO. The van der Waals surface area contributed by atoms with Crippen LogP contribution in [-0.2, 0) is 4.74 Å². The number of hydrogen-bond acceptors (Lipinski definition) is 2. The van der Waals surface area contributed by atoms with Gasteiger partial charge in [0.15, 0.2) is 0 Å². The third-order valence-electron chi connectivity index (χ3n) is 2.80. The highest BCUT2D eigenvalue weighted by molar-refractivity contribution is 5.96. The summed E-state index contributed by atoms with van der Waals surface area (Å²) in [7, 11) is 0. The van der Waals surface area contributed by atoms with E-state index in [1.54, 1.807) is 0 Å². The van der Waals surface area contributed by atoms with E-state index in [0.29, 0.717) is 6.61 Å². The molecule has 2 heteroatoms. The summed E-state index contributed by atoms with van der Waals surface area (Å²) in [5.41, 5.74) is 3.47. The van der Waals surface area contributed by atoms with Gasteiger partial charge in [-0.25, -0.2) is 4.99 Å². The smallest absolute Gasteiger partial charge is 0.216 e. The molecule has 0 atom stereocenters. The minimum atomic E-state index is 0.699. The molecule has 0 aromatic heterocycles. The monoisotopic (exact) mass is 223 g/mol. The maximum Gasteiger partial charge on any atom is 0.216 e. The number of benzene rings is 2. The number of aliphatic imine (C=N–C) groups is 1. The molecule has 0 saturated carbocycles. The summed E-state index contributed by atoms with van der Waals surface area (Å²) in [4.78, 5) is 4.34.